The maximum Gasteiger partial charge on any atom is 0.225 e. The fourth-order valence-electron chi connectivity index (χ4n) is 2.71. The molecule has 1 saturated carbocycles. The Morgan fingerprint density at radius 1 is 1.35 bits per heavy atom. The zero-order valence-corrected chi connectivity index (χ0v) is 11.9. The number of phenolic OH excluding ortho intramolecular Hbond substituents is 1. The van der Waals surface area contributed by atoms with Gasteiger partial charge in [0.1, 0.15) is 5.75 Å². The van der Waals surface area contributed by atoms with Gasteiger partial charge in [-0.05, 0) is 56.7 Å². The number of aromatic hydroxyl groups is 1. The van der Waals surface area contributed by atoms with Gasteiger partial charge in [-0.25, -0.2) is 0 Å². The van der Waals surface area contributed by atoms with Crippen LogP contribution in [0.4, 0.5) is 0 Å². The van der Waals surface area contributed by atoms with Gasteiger partial charge in [0.2, 0.25) is 5.91 Å². The molecule has 0 spiro atoms. The minimum Gasteiger partial charge on any atom is -0.508 e. The van der Waals surface area contributed by atoms with Crippen LogP contribution >= 0.6 is 0 Å². The number of aliphatic hydroxyl groups is 1. The first-order valence-corrected chi connectivity index (χ1v) is 7.32. The fourth-order valence-corrected chi connectivity index (χ4v) is 2.71. The van der Waals surface area contributed by atoms with Gasteiger partial charge < -0.3 is 15.5 Å². The standard InChI is InChI=1S/C16H23NO3/c1-11(5-6-12-7-9-13(18)10-8-12)17-16(20)14-3-2-4-15(14)19/h7-11,14-15,18-19H,2-6H2,1H3,(H,17,20). The summed E-state index contributed by atoms with van der Waals surface area (Å²) in [6.07, 6.45) is 3.69. The van der Waals surface area contributed by atoms with Gasteiger partial charge in [0.05, 0.1) is 12.0 Å². The van der Waals surface area contributed by atoms with Crippen LogP contribution in [0.3, 0.4) is 0 Å². The molecule has 0 aliphatic heterocycles. The second kappa shape index (κ2) is 6.75. The monoisotopic (exact) mass is 277 g/mol. The predicted octanol–water partition coefficient (Wildman–Crippen LogP) is 1.99. The maximum atomic E-state index is 12.0. The minimum atomic E-state index is -0.473. The average molecular weight is 277 g/mol. The number of carbonyl (C=O) groups excluding carboxylic acids is 1. The van der Waals surface area contributed by atoms with E-state index in [-0.39, 0.29) is 23.6 Å². The molecule has 0 bridgehead atoms. The second-order valence-corrected chi connectivity index (χ2v) is 5.72. The van der Waals surface area contributed by atoms with Crippen LogP contribution in [0, 0.1) is 5.92 Å². The Morgan fingerprint density at radius 3 is 2.65 bits per heavy atom. The Labute approximate surface area is 119 Å². The third kappa shape index (κ3) is 3.97. The van der Waals surface area contributed by atoms with Crippen molar-refractivity contribution in [2.45, 2.75) is 51.2 Å². The van der Waals surface area contributed by atoms with Gasteiger partial charge in [-0.2, -0.15) is 0 Å². The van der Waals surface area contributed by atoms with Gasteiger partial charge in [0, 0.05) is 6.04 Å². The van der Waals surface area contributed by atoms with Crippen molar-refractivity contribution in [3.63, 3.8) is 0 Å². The first kappa shape index (κ1) is 14.9. The Balaban J connectivity index is 1.76. The molecule has 1 aliphatic carbocycles. The lowest BCUT2D eigenvalue weighted by molar-refractivity contribution is -0.128. The molecule has 3 unspecified atom stereocenters. The molecular formula is C16H23NO3. The van der Waals surface area contributed by atoms with Crippen LogP contribution in [0.25, 0.3) is 0 Å². The Kier molecular flexibility index (Phi) is 5.01. The highest BCUT2D eigenvalue weighted by Gasteiger charge is 2.31. The van der Waals surface area contributed by atoms with Crippen LogP contribution in [0.2, 0.25) is 0 Å². The third-order valence-corrected chi connectivity index (χ3v) is 4.01. The Morgan fingerprint density at radius 2 is 2.05 bits per heavy atom. The van der Waals surface area contributed by atoms with Crippen molar-refractivity contribution in [2.75, 3.05) is 0 Å². The smallest absolute Gasteiger partial charge is 0.225 e. The van der Waals surface area contributed by atoms with Crippen LogP contribution < -0.4 is 5.32 Å². The predicted molar refractivity (Wildman–Crippen MR) is 77.4 cm³/mol. The van der Waals surface area contributed by atoms with Crippen LogP contribution in [0.15, 0.2) is 24.3 Å². The summed E-state index contributed by atoms with van der Waals surface area (Å²) >= 11 is 0. The first-order valence-electron chi connectivity index (χ1n) is 7.32. The molecule has 1 aliphatic rings. The zero-order chi connectivity index (χ0) is 14.5. The number of rotatable bonds is 5. The van der Waals surface area contributed by atoms with E-state index in [2.05, 4.69) is 5.32 Å². The van der Waals surface area contributed by atoms with E-state index in [1.54, 1.807) is 12.1 Å². The van der Waals surface area contributed by atoms with E-state index in [4.69, 9.17) is 0 Å². The number of hydrogen-bond acceptors (Lipinski definition) is 3. The topological polar surface area (TPSA) is 69.6 Å². The summed E-state index contributed by atoms with van der Waals surface area (Å²) in [5, 5.41) is 21.9. The van der Waals surface area contributed by atoms with E-state index in [1.165, 1.54) is 0 Å². The molecule has 3 atom stereocenters. The molecule has 1 aromatic rings. The third-order valence-electron chi connectivity index (χ3n) is 4.01. The van der Waals surface area contributed by atoms with E-state index in [0.29, 0.717) is 0 Å². The summed E-state index contributed by atoms with van der Waals surface area (Å²) in [5.74, 6) is 0.0182. The minimum absolute atomic E-state index is 0.0202. The fraction of sp³-hybridized carbons (Fsp3) is 0.562. The molecule has 4 nitrogen and oxygen atoms in total. The van der Waals surface area contributed by atoms with Crippen molar-refractivity contribution in [3.05, 3.63) is 29.8 Å². The van der Waals surface area contributed by atoms with Crippen molar-refractivity contribution in [2.24, 2.45) is 5.92 Å². The molecule has 4 heteroatoms. The van der Waals surface area contributed by atoms with E-state index >= 15 is 0 Å². The molecule has 0 aromatic heterocycles. The lowest BCUT2D eigenvalue weighted by Crippen LogP contribution is -2.40. The van der Waals surface area contributed by atoms with Crippen molar-refractivity contribution >= 4 is 5.91 Å². The SMILES string of the molecule is CC(CCc1ccc(O)cc1)NC(=O)C1CCCC1O. The van der Waals surface area contributed by atoms with Crippen molar-refractivity contribution in [1.29, 1.82) is 0 Å². The number of benzene rings is 1. The van der Waals surface area contributed by atoms with Crippen LogP contribution in [0.5, 0.6) is 5.75 Å². The quantitative estimate of drug-likeness (QED) is 0.771. The molecule has 1 aromatic carbocycles. The molecule has 0 heterocycles. The summed E-state index contributed by atoms with van der Waals surface area (Å²) in [6.45, 7) is 1.99. The average Bonchev–Trinajstić information content (AvgIpc) is 2.84. The molecule has 20 heavy (non-hydrogen) atoms. The summed E-state index contributed by atoms with van der Waals surface area (Å²) in [5.41, 5.74) is 1.14. The molecule has 110 valence electrons. The lowest BCUT2D eigenvalue weighted by atomic mass is 10.0. The van der Waals surface area contributed by atoms with Crippen LogP contribution in [-0.4, -0.2) is 28.3 Å². The largest absolute Gasteiger partial charge is 0.508 e. The van der Waals surface area contributed by atoms with Gasteiger partial charge in [0.25, 0.3) is 0 Å². The molecule has 0 saturated heterocycles. The zero-order valence-electron chi connectivity index (χ0n) is 11.9. The van der Waals surface area contributed by atoms with Crippen molar-refractivity contribution in [1.82, 2.24) is 5.32 Å². The normalized spacial score (nSPS) is 23.5. The Hall–Kier alpha value is -1.55. The highest BCUT2D eigenvalue weighted by molar-refractivity contribution is 5.79. The summed E-state index contributed by atoms with van der Waals surface area (Å²) in [7, 11) is 0. The second-order valence-electron chi connectivity index (χ2n) is 5.72. The van der Waals surface area contributed by atoms with Crippen LogP contribution in [-0.2, 0) is 11.2 Å². The van der Waals surface area contributed by atoms with Crippen LogP contribution in [0.1, 0.15) is 38.2 Å². The van der Waals surface area contributed by atoms with E-state index < -0.39 is 6.10 Å². The highest BCUT2D eigenvalue weighted by atomic mass is 16.3. The van der Waals surface area contributed by atoms with Gasteiger partial charge >= 0.3 is 0 Å². The van der Waals surface area contributed by atoms with E-state index in [0.717, 1.165) is 37.7 Å². The van der Waals surface area contributed by atoms with E-state index in [9.17, 15) is 15.0 Å². The number of phenols is 1. The number of hydrogen-bond donors (Lipinski definition) is 3. The van der Waals surface area contributed by atoms with Gasteiger partial charge in [-0.15, -0.1) is 0 Å². The summed E-state index contributed by atoms with van der Waals surface area (Å²) < 4.78 is 0. The first-order chi connectivity index (χ1) is 9.56. The molecule has 1 amide bonds. The number of amides is 1. The highest BCUT2D eigenvalue weighted by Crippen LogP contribution is 2.25. The van der Waals surface area contributed by atoms with Gasteiger partial charge in [-0.3, -0.25) is 4.79 Å². The number of nitrogens with one attached hydrogen (secondary N) is 1. The number of aliphatic hydroxyl groups excluding tert-OH is 1. The molecule has 2 rings (SSSR count). The van der Waals surface area contributed by atoms with Gasteiger partial charge in [0.15, 0.2) is 0 Å². The molecule has 1 fully saturated rings. The van der Waals surface area contributed by atoms with Crippen molar-refractivity contribution in [3.8, 4) is 5.75 Å². The lowest BCUT2D eigenvalue weighted by Gasteiger charge is -2.19. The number of carbonyl (C=O) groups is 1. The Bertz CT molecular complexity index is 444. The molecular weight excluding hydrogens is 254 g/mol. The van der Waals surface area contributed by atoms with Gasteiger partial charge in [-0.1, -0.05) is 12.1 Å². The van der Waals surface area contributed by atoms with E-state index in [1.807, 2.05) is 19.1 Å². The number of aryl methyl sites for hydroxylation is 1. The maximum absolute atomic E-state index is 12.0. The summed E-state index contributed by atoms with van der Waals surface area (Å²) in [4.78, 5) is 12.0. The van der Waals surface area contributed by atoms with Crippen molar-refractivity contribution < 1.29 is 15.0 Å². The molecule has 0 radical (unpaired) electrons. The summed E-state index contributed by atoms with van der Waals surface area (Å²) in [6, 6.07) is 7.22. The molecule has 3 N–H and O–H groups in total.